The Hall–Kier alpha value is -3.13. The van der Waals surface area contributed by atoms with Crippen LogP contribution < -0.4 is 15.4 Å². The number of hydrogen-bond donors (Lipinski definition) is 3. The molecule has 0 bridgehead atoms. The standard InChI is InChI=1S/C23H24BrN3O4/c1-31-20-9-5-2-6-15(20)10-11-21(28)27-23(30)19(26-22(29)13-24)12-16-14-25-18-8-4-3-7-17(16)18/h2-9,14,19,25H,10-13H2,1H3,(H,26,29)(H,27,28,30). The van der Waals surface area contributed by atoms with Crippen LogP contribution in [0, 0.1) is 0 Å². The van der Waals surface area contributed by atoms with Gasteiger partial charge in [-0.05, 0) is 29.7 Å². The van der Waals surface area contributed by atoms with Gasteiger partial charge in [0.1, 0.15) is 11.8 Å². The summed E-state index contributed by atoms with van der Waals surface area (Å²) in [5.41, 5.74) is 2.71. The minimum atomic E-state index is -0.875. The van der Waals surface area contributed by atoms with Crippen molar-refractivity contribution in [1.29, 1.82) is 0 Å². The fraction of sp³-hybridized carbons (Fsp3) is 0.261. The number of aryl methyl sites for hydroxylation is 1. The molecule has 3 N–H and O–H groups in total. The second kappa shape index (κ2) is 10.8. The Labute approximate surface area is 188 Å². The van der Waals surface area contributed by atoms with Gasteiger partial charge in [-0.1, -0.05) is 52.3 Å². The van der Waals surface area contributed by atoms with E-state index in [4.69, 9.17) is 4.74 Å². The van der Waals surface area contributed by atoms with E-state index in [9.17, 15) is 14.4 Å². The highest BCUT2D eigenvalue weighted by Crippen LogP contribution is 2.20. The van der Waals surface area contributed by atoms with Crippen molar-refractivity contribution < 1.29 is 19.1 Å². The number of para-hydroxylation sites is 2. The molecule has 31 heavy (non-hydrogen) atoms. The van der Waals surface area contributed by atoms with Crippen LogP contribution in [0.5, 0.6) is 5.75 Å². The highest BCUT2D eigenvalue weighted by atomic mass is 79.9. The molecule has 3 aromatic rings. The quantitative estimate of drug-likeness (QED) is 0.405. The zero-order valence-electron chi connectivity index (χ0n) is 17.1. The predicted octanol–water partition coefficient (Wildman–Crippen LogP) is 2.87. The number of methoxy groups -OCH3 is 1. The summed E-state index contributed by atoms with van der Waals surface area (Å²) in [4.78, 5) is 40.3. The van der Waals surface area contributed by atoms with E-state index in [0.717, 1.165) is 22.0 Å². The summed E-state index contributed by atoms with van der Waals surface area (Å²) in [5, 5.41) is 6.13. The normalized spacial score (nSPS) is 11.7. The van der Waals surface area contributed by atoms with Crippen molar-refractivity contribution in [2.24, 2.45) is 0 Å². The zero-order chi connectivity index (χ0) is 22.2. The van der Waals surface area contributed by atoms with Crippen LogP contribution in [-0.4, -0.2) is 41.2 Å². The van der Waals surface area contributed by atoms with Gasteiger partial charge in [0, 0.05) is 29.9 Å². The molecule has 3 amide bonds. The van der Waals surface area contributed by atoms with Crippen LogP contribution in [0.4, 0.5) is 0 Å². The molecule has 8 heteroatoms. The maximum atomic E-state index is 12.8. The van der Waals surface area contributed by atoms with Gasteiger partial charge in [0.2, 0.25) is 17.7 Å². The van der Waals surface area contributed by atoms with Crippen molar-refractivity contribution in [2.45, 2.75) is 25.3 Å². The molecule has 0 aliphatic rings. The number of H-pyrrole nitrogens is 1. The van der Waals surface area contributed by atoms with Crippen molar-refractivity contribution in [3.05, 3.63) is 65.9 Å². The van der Waals surface area contributed by atoms with Crippen LogP contribution in [0.1, 0.15) is 17.5 Å². The molecule has 1 atom stereocenters. The summed E-state index contributed by atoms with van der Waals surface area (Å²) in [7, 11) is 1.57. The number of halogens is 1. The molecule has 0 spiro atoms. The molecule has 7 nitrogen and oxygen atoms in total. The second-order valence-electron chi connectivity index (χ2n) is 7.04. The minimum absolute atomic E-state index is 0.0619. The number of aromatic amines is 1. The molecule has 0 fully saturated rings. The van der Waals surface area contributed by atoms with Crippen LogP contribution in [0.25, 0.3) is 10.9 Å². The van der Waals surface area contributed by atoms with Gasteiger partial charge in [-0.3, -0.25) is 19.7 Å². The number of carbonyl (C=O) groups excluding carboxylic acids is 3. The van der Waals surface area contributed by atoms with Crippen molar-refractivity contribution in [1.82, 2.24) is 15.6 Å². The number of nitrogens with one attached hydrogen (secondary N) is 3. The first-order chi connectivity index (χ1) is 15.0. The fourth-order valence-electron chi connectivity index (χ4n) is 3.41. The first-order valence-corrected chi connectivity index (χ1v) is 11.0. The summed E-state index contributed by atoms with van der Waals surface area (Å²) in [5.74, 6) is -0.581. The molecule has 0 aliphatic heterocycles. The van der Waals surface area contributed by atoms with Gasteiger partial charge in [0.15, 0.2) is 0 Å². The van der Waals surface area contributed by atoms with E-state index in [0.29, 0.717) is 12.2 Å². The molecule has 1 unspecified atom stereocenters. The van der Waals surface area contributed by atoms with E-state index in [1.54, 1.807) is 7.11 Å². The average molecular weight is 486 g/mol. The number of carbonyl (C=O) groups is 3. The van der Waals surface area contributed by atoms with Gasteiger partial charge in [-0.15, -0.1) is 0 Å². The van der Waals surface area contributed by atoms with Crippen molar-refractivity contribution in [3.8, 4) is 5.75 Å². The van der Waals surface area contributed by atoms with Crippen LogP contribution in [0.3, 0.4) is 0 Å². The number of aromatic nitrogens is 1. The fourth-order valence-corrected chi connectivity index (χ4v) is 3.57. The lowest BCUT2D eigenvalue weighted by atomic mass is 10.0. The van der Waals surface area contributed by atoms with Gasteiger partial charge >= 0.3 is 0 Å². The number of alkyl halides is 1. The molecular weight excluding hydrogens is 462 g/mol. The topological polar surface area (TPSA) is 100 Å². The molecule has 162 valence electrons. The molecule has 1 heterocycles. The van der Waals surface area contributed by atoms with Gasteiger partial charge in [-0.2, -0.15) is 0 Å². The van der Waals surface area contributed by atoms with E-state index < -0.39 is 17.9 Å². The SMILES string of the molecule is COc1ccccc1CCC(=O)NC(=O)C(Cc1c[nH]c2ccccc12)NC(=O)CBr. The minimum Gasteiger partial charge on any atom is -0.496 e. The van der Waals surface area contributed by atoms with Crippen LogP contribution >= 0.6 is 15.9 Å². The molecule has 0 radical (unpaired) electrons. The van der Waals surface area contributed by atoms with Gasteiger partial charge in [0.05, 0.1) is 12.4 Å². The second-order valence-corrected chi connectivity index (χ2v) is 7.60. The van der Waals surface area contributed by atoms with Gasteiger partial charge < -0.3 is 15.0 Å². The lowest BCUT2D eigenvalue weighted by molar-refractivity contribution is -0.133. The van der Waals surface area contributed by atoms with Crippen LogP contribution in [0.15, 0.2) is 54.7 Å². The first-order valence-electron chi connectivity index (χ1n) is 9.87. The first kappa shape index (κ1) is 22.6. The predicted molar refractivity (Wildman–Crippen MR) is 122 cm³/mol. The van der Waals surface area contributed by atoms with E-state index in [2.05, 4.69) is 31.5 Å². The number of rotatable bonds is 9. The Bertz CT molecular complexity index is 1080. The van der Waals surface area contributed by atoms with E-state index in [1.807, 2.05) is 54.7 Å². The lowest BCUT2D eigenvalue weighted by Crippen LogP contribution is -2.50. The summed E-state index contributed by atoms with van der Waals surface area (Å²) >= 11 is 3.10. The summed E-state index contributed by atoms with van der Waals surface area (Å²) in [6, 6.07) is 14.3. The highest BCUT2D eigenvalue weighted by molar-refractivity contribution is 9.09. The maximum Gasteiger partial charge on any atom is 0.249 e. The molecular formula is C23H24BrN3O4. The largest absolute Gasteiger partial charge is 0.496 e. The van der Waals surface area contributed by atoms with Crippen molar-refractivity contribution in [2.75, 3.05) is 12.4 Å². The molecule has 1 aromatic heterocycles. The van der Waals surface area contributed by atoms with Crippen LogP contribution in [0.2, 0.25) is 0 Å². The van der Waals surface area contributed by atoms with Crippen molar-refractivity contribution >= 4 is 44.6 Å². The number of benzene rings is 2. The third kappa shape index (κ3) is 5.95. The van der Waals surface area contributed by atoms with E-state index in [1.165, 1.54) is 0 Å². The zero-order valence-corrected chi connectivity index (χ0v) is 18.7. The highest BCUT2D eigenvalue weighted by Gasteiger charge is 2.24. The Kier molecular flexibility index (Phi) is 7.83. The molecule has 0 aliphatic carbocycles. The number of ether oxygens (including phenoxy) is 1. The van der Waals surface area contributed by atoms with E-state index >= 15 is 0 Å². The number of hydrogen-bond acceptors (Lipinski definition) is 4. The van der Waals surface area contributed by atoms with Crippen LogP contribution in [-0.2, 0) is 27.2 Å². The average Bonchev–Trinajstić information content (AvgIpc) is 3.20. The third-order valence-corrected chi connectivity index (χ3v) is 5.46. The summed E-state index contributed by atoms with van der Waals surface area (Å²) in [6.07, 6.45) is 2.63. The third-order valence-electron chi connectivity index (χ3n) is 4.95. The number of amides is 3. The monoisotopic (exact) mass is 485 g/mol. The molecule has 0 saturated heterocycles. The smallest absolute Gasteiger partial charge is 0.249 e. The Morgan fingerprint density at radius 1 is 1.03 bits per heavy atom. The Balaban J connectivity index is 1.66. The van der Waals surface area contributed by atoms with Gasteiger partial charge in [0.25, 0.3) is 0 Å². The molecule has 2 aromatic carbocycles. The molecule has 3 rings (SSSR count). The van der Waals surface area contributed by atoms with E-state index in [-0.39, 0.29) is 24.1 Å². The number of imide groups is 1. The number of fused-ring (bicyclic) bond motifs is 1. The van der Waals surface area contributed by atoms with Gasteiger partial charge in [-0.25, -0.2) is 0 Å². The Morgan fingerprint density at radius 3 is 2.55 bits per heavy atom. The molecule has 0 saturated carbocycles. The lowest BCUT2D eigenvalue weighted by Gasteiger charge is -2.17. The summed E-state index contributed by atoms with van der Waals surface area (Å²) < 4.78 is 5.29. The summed E-state index contributed by atoms with van der Waals surface area (Å²) in [6.45, 7) is 0. The maximum absolute atomic E-state index is 12.8. The Morgan fingerprint density at radius 2 is 1.77 bits per heavy atom. The van der Waals surface area contributed by atoms with Crippen molar-refractivity contribution in [3.63, 3.8) is 0 Å².